The summed E-state index contributed by atoms with van der Waals surface area (Å²) in [5.74, 6) is -0.382. The lowest BCUT2D eigenvalue weighted by atomic mass is 9.99. The number of phosphoric ester groups is 2. The van der Waals surface area contributed by atoms with Crippen LogP contribution in [0.25, 0.3) is 0 Å². The highest BCUT2D eigenvalue weighted by Gasteiger charge is 2.31. The molecule has 0 spiro atoms. The van der Waals surface area contributed by atoms with Gasteiger partial charge in [0.2, 0.25) is 0 Å². The molecule has 0 aromatic rings. The first-order valence-corrected chi connectivity index (χ1v) is 49.9. The lowest BCUT2D eigenvalue weighted by Gasteiger charge is -2.21. The molecule has 0 aliphatic carbocycles. The number of hydrogen-bond donors (Lipinski definition) is 3. The fourth-order valence-electron chi connectivity index (χ4n) is 13.9. The summed E-state index contributed by atoms with van der Waals surface area (Å²) in [5, 5.41) is 10.7. The summed E-state index contributed by atoms with van der Waals surface area (Å²) < 4.78 is 69.0. The van der Waals surface area contributed by atoms with Crippen molar-refractivity contribution in [1.82, 2.24) is 0 Å². The van der Waals surface area contributed by atoms with E-state index >= 15 is 0 Å². The highest BCUT2D eigenvalue weighted by molar-refractivity contribution is 7.47. The van der Waals surface area contributed by atoms with Gasteiger partial charge in [-0.25, -0.2) is 9.13 Å². The summed E-state index contributed by atoms with van der Waals surface area (Å²) in [6, 6.07) is 0. The molecule has 0 aliphatic rings. The largest absolute Gasteiger partial charge is 0.472 e. The molecule has 7 atom stereocenters. The van der Waals surface area contributed by atoms with E-state index < -0.39 is 97.5 Å². The Morgan fingerprint density at radius 1 is 0.288 bits per heavy atom. The third-order valence-corrected chi connectivity index (χ3v) is 23.7. The van der Waals surface area contributed by atoms with E-state index in [0.717, 1.165) is 115 Å². The van der Waals surface area contributed by atoms with Crippen LogP contribution >= 0.6 is 15.6 Å². The second kappa shape index (κ2) is 82.6. The van der Waals surface area contributed by atoms with Crippen LogP contribution < -0.4 is 0 Å². The SMILES string of the molecule is CCCCCC/C=C\C=C/CCCCCCCC(=O)O[C@H](COC(=O)CCCCCCCCCCCCCC)COP(=O)(O)OC[C@H](O)COP(=O)(O)OC[C@@H](COC(=O)CCCCCCCCCCCCCCCCCCCCC(C)CC)OC(=O)CCCCCCCCCCCCCCCCCCCCC(C)CC. The Morgan fingerprint density at radius 2 is 0.505 bits per heavy atom. The Bertz CT molecular complexity index is 2220. The number of esters is 4. The van der Waals surface area contributed by atoms with E-state index in [2.05, 4.69) is 65.8 Å². The van der Waals surface area contributed by atoms with Crippen molar-refractivity contribution in [1.29, 1.82) is 0 Å². The van der Waals surface area contributed by atoms with Crippen molar-refractivity contribution in [3.05, 3.63) is 24.3 Å². The van der Waals surface area contributed by atoms with E-state index in [-0.39, 0.29) is 25.7 Å². The number of hydrogen-bond acceptors (Lipinski definition) is 15. The molecule has 0 bridgehead atoms. The van der Waals surface area contributed by atoms with E-state index in [1.807, 2.05) is 0 Å². The van der Waals surface area contributed by atoms with Gasteiger partial charge >= 0.3 is 39.5 Å². The van der Waals surface area contributed by atoms with Crippen LogP contribution in [0.15, 0.2) is 24.3 Å². The molecule has 4 unspecified atom stereocenters. The molecule has 0 saturated carbocycles. The van der Waals surface area contributed by atoms with Gasteiger partial charge in [-0.1, -0.05) is 419 Å². The van der Waals surface area contributed by atoms with Gasteiger partial charge in [-0.05, 0) is 63.2 Å². The lowest BCUT2D eigenvalue weighted by Crippen LogP contribution is -2.30. The number of allylic oxidation sites excluding steroid dienone is 4. The van der Waals surface area contributed by atoms with E-state index in [0.29, 0.717) is 25.7 Å². The highest BCUT2D eigenvalue weighted by Crippen LogP contribution is 2.45. The van der Waals surface area contributed by atoms with E-state index in [4.69, 9.17) is 37.0 Å². The monoisotopic (exact) mass is 1620 g/mol. The number of aliphatic hydroxyl groups is 1. The van der Waals surface area contributed by atoms with Gasteiger partial charge in [-0.2, -0.15) is 0 Å². The number of unbranched alkanes of at least 4 members (excludes halogenated alkanes) is 54. The first kappa shape index (κ1) is 109. The summed E-state index contributed by atoms with van der Waals surface area (Å²) in [6.07, 6.45) is 79.9. The summed E-state index contributed by atoms with van der Waals surface area (Å²) in [5.41, 5.74) is 0. The molecular weight excluding hydrogens is 1440 g/mol. The molecule has 0 aromatic heterocycles. The zero-order chi connectivity index (χ0) is 81.3. The van der Waals surface area contributed by atoms with Crippen LogP contribution in [-0.4, -0.2) is 96.7 Å². The summed E-state index contributed by atoms with van der Waals surface area (Å²) in [7, 11) is -9.95. The van der Waals surface area contributed by atoms with Crippen molar-refractivity contribution in [3.8, 4) is 0 Å². The minimum Gasteiger partial charge on any atom is -0.462 e. The predicted octanol–water partition coefficient (Wildman–Crippen LogP) is 28.1. The van der Waals surface area contributed by atoms with E-state index in [9.17, 15) is 43.2 Å². The Kier molecular flexibility index (Phi) is 80.8. The van der Waals surface area contributed by atoms with Gasteiger partial charge in [0.05, 0.1) is 26.4 Å². The zero-order valence-electron chi connectivity index (χ0n) is 72.8. The summed E-state index contributed by atoms with van der Waals surface area (Å²) in [6.45, 7) is 9.77. The van der Waals surface area contributed by atoms with Crippen LogP contribution in [0, 0.1) is 11.8 Å². The lowest BCUT2D eigenvalue weighted by molar-refractivity contribution is -0.161. The van der Waals surface area contributed by atoms with E-state index in [1.54, 1.807) is 0 Å². The second-order valence-corrected chi connectivity index (χ2v) is 35.8. The number of aliphatic hydroxyl groups excluding tert-OH is 1. The number of phosphoric acid groups is 2. The predicted molar refractivity (Wildman–Crippen MR) is 460 cm³/mol. The molecule has 0 heterocycles. The Balaban J connectivity index is 5.26. The highest BCUT2D eigenvalue weighted by atomic mass is 31.2. The van der Waals surface area contributed by atoms with Crippen LogP contribution in [0.1, 0.15) is 472 Å². The average molecular weight is 1620 g/mol. The van der Waals surface area contributed by atoms with Crippen molar-refractivity contribution in [2.24, 2.45) is 11.8 Å². The van der Waals surface area contributed by atoms with Crippen molar-refractivity contribution >= 4 is 39.5 Å². The first-order chi connectivity index (χ1) is 53.9. The van der Waals surface area contributed by atoms with Crippen molar-refractivity contribution in [2.45, 2.75) is 490 Å². The molecule has 0 saturated heterocycles. The Morgan fingerprint density at radius 3 is 0.766 bits per heavy atom. The third-order valence-electron chi connectivity index (χ3n) is 21.8. The summed E-state index contributed by atoms with van der Waals surface area (Å²) >= 11 is 0. The topological polar surface area (TPSA) is 237 Å². The maximum atomic E-state index is 13.2. The van der Waals surface area contributed by atoms with Gasteiger partial charge in [-0.3, -0.25) is 37.3 Å². The smallest absolute Gasteiger partial charge is 0.462 e. The number of rotatable bonds is 89. The Hall–Kier alpha value is -2.46. The minimum absolute atomic E-state index is 0.0857. The minimum atomic E-state index is -4.97. The van der Waals surface area contributed by atoms with Crippen LogP contribution in [0.5, 0.6) is 0 Å². The number of carbonyl (C=O) groups is 4. The molecule has 656 valence electrons. The first-order valence-electron chi connectivity index (χ1n) is 46.9. The number of ether oxygens (including phenoxy) is 4. The molecule has 0 radical (unpaired) electrons. The molecule has 111 heavy (non-hydrogen) atoms. The fraction of sp³-hybridized carbons (Fsp3) is 0.913. The van der Waals surface area contributed by atoms with Crippen molar-refractivity contribution in [3.63, 3.8) is 0 Å². The van der Waals surface area contributed by atoms with Crippen LogP contribution in [0.4, 0.5) is 0 Å². The molecule has 0 aliphatic heterocycles. The molecular formula is C92H176O17P2. The second-order valence-electron chi connectivity index (χ2n) is 32.8. The van der Waals surface area contributed by atoms with E-state index in [1.165, 1.54) is 276 Å². The molecule has 0 amide bonds. The molecule has 19 heteroatoms. The van der Waals surface area contributed by atoms with Gasteiger partial charge in [-0.15, -0.1) is 0 Å². The molecule has 0 rings (SSSR count). The van der Waals surface area contributed by atoms with Crippen LogP contribution in [0.2, 0.25) is 0 Å². The third kappa shape index (κ3) is 82.4. The van der Waals surface area contributed by atoms with Gasteiger partial charge in [0, 0.05) is 25.7 Å². The van der Waals surface area contributed by atoms with Gasteiger partial charge in [0.15, 0.2) is 12.2 Å². The maximum Gasteiger partial charge on any atom is 0.472 e. The maximum absolute atomic E-state index is 13.2. The van der Waals surface area contributed by atoms with Crippen molar-refractivity contribution < 1.29 is 80.2 Å². The summed E-state index contributed by atoms with van der Waals surface area (Å²) in [4.78, 5) is 73.4. The number of carbonyl (C=O) groups excluding carboxylic acids is 4. The molecule has 17 nitrogen and oxygen atoms in total. The standard InChI is InChI=1S/C92H176O17P2/c1-7-11-13-15-17-19-21-23-32-40-46-52-58-64-70-76-91(96)108-87(80-102-89(94)74-68-62-56-50-44-22-20-18-16-14-12-8-2)82-106-110(98,99)104-78-86(93)79-105-111(100,101)107-83-88(109-92(97)77-71-65-59-53-47-41-36-31-27-25-29-34-38-43-49-55-61-67-73-85(6)10-4)81-103-90(95)75-69-63-57-51-45-39-35-30-26-24-28-33-37-42-48-54-60-66-72-84(5)9-3/h19,21,23,32,84-88,93H,7-18,20,22,24-31,33-83H2,1-6H3,(H,98,99)(H,100,101)/b21-19-,32-23-/t84?,85?,86-,87+,88+/m0/s1. The van der Waals surface area contributed by atoms with Gasteiger partial charge < -0.3 is 33.8 Å². The molecule has 0 fully saturated rings. The molecule has 3 N–H and O–H groups in total. The van der Waals surface area contributed by atoms with Crippen LogP contribution in [-0.2, 0) is 65.4 Å². The van der Waals surface area contributed by atoms with Crippen LogP contribution in [0.3, 0.4) is 0 Å². The van der Waals surface area contributed by atoms with Gasteiger partial charge in [0.1, 0.15) is 19.3 Å². The fourth-order valence-corrected chi connectivity index (χ4v) is 15.5. The van der Waals surface area contributed by atoms with Crippen molar-refractivity contribution in [2.75, 3.05) is 39.6 Å². The normalized spacial score (nSPS) is 14.4. The Labute approximate surface area is 682 Å². The average Bonchev–Trinajstić information content (AvgIpc) is 0.895. The molecule has 0 aromatic carbocycles. The quantitative estimate of drug-likeness (QED) is 0.0169. The van der Waals surface area contributed by atoms with Gasteiger partial charge in [0.25, 0.3) is 0 Å². The zero-order valence-corrected chi connectivity index (χ0v) is 74.6.